The Hall–Kier alpha value is -1.15. The number of hydrogen-bond acceptors (Lipinski definition) is 5. The lowest BCUT2D eigenvalue weighted by atomic mass is 9.90. The molecule has 118 valence electrons. The molecule has 0 saturated carbocycles. The number of anilines is 1. The van der Waals surface area contributed by atoms with E-state index in [2.05, 4.69) is 10.0 Å². The van der Waals surface area contributed by atoms with Crippen molar-refractivity contribution < 1.29 is 18.3 Å². The predicted octanol–water partition coefficient (Wildman–Crippen LogP) is 0.938. The fourth-order valence-corrected chi connectivity index (χ4v) is 3.42. The van der Waals surface area contributed by atoms with Crippen LogP contribution in [0.15, 0.2) is 29.2 Å². The van der Waals surface area contributed by atoms with Crippen molar-refractivity contribution in [3.8, 4) is 0 Å². The van der Waals surface area contributed by atoms with E-state index in [9.17, 15) is 13.5 Å². The zero-order chi connectivity index (χ0) is 15.3. The number of benzene rings is 1. The summed E-state index contributed by atoms with van der Waals surface area (Å²) in [6.07, 6.45) is 1.45. The van der Waals surface area contributed by atoms with Gasteiger partial charge < -0.3 is 15.2 Å². The Labute approximate surface area is 125 Å². The van der Waals surface area contributed by atoms with Crippen molar-refractivity contribution in [2.75, 3.05) is 31.7 Å². The zero-order valence-electron chi connectivity index (χ0n) is 12.1. The molecule has 0 radical (unpaired) electrons. The molecule has 0 amide bonds. The van der Waals surface area contributed by atoms with Crippen molar-refractivity contribution in [1.82, 2.24) is 4.72 Å². The molecule has 1 aliphatic rings. The van der Waals surface area contributed by atoms with E-state index in [1.807, 2.05) is 0 Å². The van der Waals surface area contributed by atoms with E-state index < -0.39 is 10.0 Å². The second-order valence-corrected chi connectivity index (χ2v) is 6.97. The largest absolute Gasteiger partial charge is 0.394 e. The van der Waals surface area contributed by atoms with Gasteiger partial charge in [0.1, 0.15) is 0 Å². The highest BCUT2D eigenvalue weighted by Crippen LogP contribution is 2.26. The third-order valence-electron chi connectivity index (χ3n) is 3.66. The third-order valence-corrected chi connectivity index (χ3v) is 5.22. The van der Waals surface area contributed by atoms with E-state index in [0.29, 0.717) is 19.8 Å². The molecule has 6 nitrogen and oxygen atoms in total. The second-order valence-electron chi connectivity index (χ2n) is 5.20. The molecular weight excluding hydrogens is 292 g/mol. The minimum Gasteiger partial charge on any atom is -0.394 e. The van der Waals surface area contributed by atoms with E-state index in [1.54, 1.807) is 31.2 Å². The molecule has 7 heteroatoms. The van der Waals surface area contributed by atoms with Crippen LogP contribution < -0.4 is 10.0 Å². The van der Waals surface area contributed by atoms with Gasteiger partial charge in [-0.15, -0.1) is 0 Å². The van der Waals surface area contributed by atoms with Crippen molar-refractivity contribution >= 4 is 15.7 Å². The molecule has 0 aliphatic carbocycles. The van der Waals surface area contributed by atoms with Gasteiger partial charge in [-0.2, -0.15) is 0 Å². The molecule has 1 heterocycles. The number of aliphatic hydroxyl groups excluding tert-OH is 1. The quantitative estimate of drug-likeness (QED) is 0.727. The molecule has 1 fully saturated rings. The van der Waals surface area contributed by atoms with Crippen LogP contribution in [0.2, 0.25) is 0 Å². The van der Waals surface area contributed by atoms with E-state index in [4.69, 9.17) is 4.74 Å². The maximum Gasteiger partial charge on any atom is 0.240 e. The number of aliphatic hydroxyl groups is 1. The smallest absolute Gasteiger partial charge is 0.240 e. The lowest BCUT2D eigenvalue weighted by Gasteiger charge is -2.37. The van der Waals surface area contributed by atoms with Crippen molar-refractivity contribution in [3.05, 3.63) is 24.3 Å². The molecule has 0 atom stereocenters. The topological polar surface area (TPSA) is 87.7 Å². The van der Waals surface area contributed by atoms with Gasteiger partial charge in [-0.3, -0.25) is 0 Å². The summed E-state index contributed by atoms with van der Waals surface area (Å²) >= 11 is 0. The average Bonchev–Trinajstić information content (AvgIpc) is 2.49. The average molecular weight is 314 g/mol. The molecule has 0 bridgehead atoms. The summed E-state index contributed by atoms with van der Waals surface area (Å²) < 4.78 is 31.5. The number of hydrogen-bond donors (Lipinski definition) is 3. The standard InChI is InChI=1S/C14H22N2O4S/c1-2-15-21(18,19)13-5-3-12(4-6-13)16-14(11-17)7-9-20-10-8-14/h3-6,15-17H,2,7-11H2,1H3. The number of ether oxygens (including phenoxy) is 1. The summed E-state index contributed by atoms with van der Waals surface area (Å²) in [6.45, 7) is 3.34. The Balaban J connectivity index is 2.12. The molecule has 2 rings (SSSR count). The maximum atomic E-state index is 11.9. The van der Waals surface area contributed by atoms with E-state index in [0.717, 1.165) is 18.5 Å². The van der Waals surface area contributed by atoms with Crippen LogP contribution in [0.25, 0.3) is 0 Å². The number of sulfonamides is 1. The molecular formula is C14H22N2O4S. The van der Waals surface area contributed by atoms with Crippen molar-refractivity contribution in [3.63, 3.8) is 0 Å². The van der Waals surface area contributed by atoms with Crippen molar-refractivity contribution in [2.24, 2.45) is 0 Å². The fourth-order valence-electron chi connectivity index (χ4n) is 2.38. The Morgan fingerprint density at radius 3 is 2.38 bits per heavy atom. The highest BCUT2D eigenvalue weighted by Gasteiger charge is 2.31. The first-order valence-corrected chi connectivity index (χ1v) is 8.56. The second kappa shape index (κ2) is 6.74. The summed E-state index contributed by atoms with van der Waals surface area (Å²) in [7, 11) is -3.43. The van der Waals surface area contributed by atoms with Gasteiger partial charge in [-0.05, 0) is 37.1 Å². The first kappa shape index (κ1) is 16.2. The van der Waals surface area contributed by atoms with Gasteiger partial charge in [-0.1, -0.05) is 6.92 Å². The van der Waals surface area contributed by atoms with Gasteiger partial charge in [0.05, 0.1) is 17.0 Å². The maximum absolute atomic E-state index is 11.9. The molecule has 0 unspecified atom stereocenters. The minimum atomic E-state index is -3.43. The number of nitrogens with one attached hydrogen (secondary N) is 2. The highest BCUT2D eigenvalue weighted by atomic mass is 32.2. The first-order valence-electron chi connectivity index (χ1n) is 7.08. The van der Waals surface area contributed by atoms with Crippen molar-refractivity contribution in [1.29, 1.82) is 0 Å². The SMILES string of the molecule is CCNS(=O)(=O)c1ccc(NC2(CO)CCOCC2)cc1. The molecule has 1 saturated heterocycles. The summed E-state index contributed by atoms with van der Waals surface area (Å²) in [5.74, 6) is 0. The lowest BCUT2D eigenvalue weighted by molar-refractivity contribution is 0.0380. The lowest BCUT2D eigenvalue weighted by Crippen LogP contribution is -2.46. The van der Waals surface area contributed by atoms with Crippen molar-refractivity contribution in [2.45, 2.75) is 30.2 Å². The van der Waals surface area contributed by atoms with Crippen LogP contribution in [0.1, 0.15) is 19.8 Å². The molecule has 21 heavy (non-hydrogen) atoms. The minimum absolute atomic E-state index is 0.0216. The highest BCUT2D eigenvalue weighted by molar-refractivity contribution is 7.89. The van der Waals surface area contributed by atoms with Gasteiger partial charge >= 0.3 is 0 Å². The Kier molecular flexibility index (Phi) is 5.21. The van der Waals surface area contributed by atoms with Crippen LogP contribution in [-0.4, -0.2) is 45.4 Å². The molecule has 1 aromatic carbocycles. The monoisotopic (exact) mass is 314 g/mol. The fraction of sp³-hybridized carbons (Fsp3) is 0.571. The molecule has 0 spiro atoms. The normalized spacial score (nSPS) is 18.4. The van der Waals surface area contributed by atoms with E-state index in [1.165, 1.54) is 0 Å². The van der Waals surface area contributed by atoms with E-state index in [-0.39, 0.29) is 17.0 Å². The van der Waals surface area contributed by atoms with Crippen LogP contribution in [0, 0.1) is 0 Å². The van der Waals surface area contributed by atoms with Crippen LogP contribution >= 0.6 is 0 Å². The molecule has 1 aliphatic heterocycles. The van der Waals surface area contributed by atoms with Gasteiger partial charge in [0.25, 0.3) is 0 Å². The van der Waals surface area contributed by atoms with Crippen LogP contribution in [0.3, 0.4) is 0 Å². The van der Waals surface area contributed by atoms with Gasteiger partial charge in [0.2, 0.25) is 10.0 Å². The van der Waals surface area contributed by atoms with Crippen LogP contribution in [-0.2, 0) is 14.8 Å². The summed E-state index contributed by atoms with van der Waals surface area (Å²) in [5, 5.41) is 12.9. The van der Waals surface area contributed by atoms with Gasteiger partial charge in [0, 0.05) is 25.4 Å². The van der Waals surface area contributed by atoms with Gasteiger partial charge in [-0.25, -0.2) is 13.1 Å². The molecule has 3 N–H and O–H groups in total. The van der Waals surface area contributed by atoms with Crippen LogP contribution in [0.5, 0.6) is 0 Å². The molecule has 1 aromatic rings. The Bertz CT molecular complexity index is 551. The number of rotatable bonds is 6. The Morgan fingerprint density at radius 1 is 1.24 bits per heavy atom. The zero-order valence-corrected chi connectivity index (χ0v) is 12.9. The van der Waals surface area contributed by atoms with Crippen LogP contribution in [0.4, 0.5) is 5.69 Å². The first-order chi connectivity index (χ1) is 10.0. The summed E-state index contributed by atoms with van der Waals surface area (Å²) in [6, 6.07) is 6.56. The van der Waals surface area contributed by atoms with E-state index >= 15 is 0 Å². The summed E-state index contributed by atoms with van der Waals surface area (Å²) in [5.41, 5.74) is 0.404. The molecule has 0 aromatic heterocycles. The summed E-state index contributed by atoms with van der Waals surface area (Å²) in [4.78, 5) is 0.236. The van der Waals surface area contributed by atoms with Gasteiger partial charge in [0.15, 0.2) is 0 Å². The Morgan fingerprint density at radius 2 is 1.86 bits per heavy atom. The predicted molar refractivity (Wildman–Crippen MR) is 80.8 cm³/mol. The third kappa shape index (κ3) is 3.94.